The molecular formula is C14H16FN7O. The Morgan fingerprint density at radius 3 is 2.74 bits per heavy atom. The Balaban J connectivity index is 2.34. The SMILES string of the molecule is C/C(N)=C1\Cc2c(/C(N)=N/O)ncn2-c2ccc(F)cc2N1N. The van der Waals surface area contributed by atoms with Gasteiger partial charge in [0.1, 0.15) is 17.8 Å². The number of aromatic nitrogens is 2. The molecule has 0 aliphatic carbocycles. The van der Waals surface area contributed by atoms with Crippen LogP contribution in [0.15, 0.2) is 41.1 Å². The van der Waals surface area contributed by atoms with E-state index in [4.69, 9.17) is 22.5 Å². The molecule has 0 fully saturated rings. The average molecular weight is 317 g/mol. The van der Waals surface area contributed by atoms with Gasteiger partial charge in [0.2, 0.25) is 0 Å². The van der Waals surface area contributed by atoms with Crippen LogP contribution in [-0.2, 0) is 6.42 Å². The first-order valence-corrected chi connectivity index (χ1v) is 6.78. The summed E-state index contributed by atoms with van der Waals surface area (Å²) in [5.41, 5.74) is 14.7. The van der Waals surface area contributed by atoms with Gasteiger partial charge < -0.3 is 16.7 Å². The number of hydrogen-bond acceptors (Lipinski definition) is 6. The highest BCUT2D eigenvalue weighted by Crippen LogP contribution is 2.33. The van der Waals surface area contributed by atoms with Crippen molar-refractivity contribution in [1.82, 2.24) is 9.55 Å². The lowest BCUT2D eigenvalue weighted by molar-refractivity contribution is 0.318. The molecule has 0 radical (unpaired) electrons. The van der Waals surface area contributed by atoms with Gasteiger partial charge in [-0.25, -0.2) is 15.2 Å². The molecule has 0 saturated carbocycles. The number of oxime groups is 1. The van der Waals surface area contributed by atoms with Crippen LogP contribution >= 0.6 is 0 Å². The van der Waals surface area contributed by atoms with Crippen molar-refractivity contribution in [1.29, 1.82) is 0 Å². The topological polar surface area (TPSA) is 132 Å². The summed E-state index contributed by atoms with van der Waals surface area (Å²) in [5.74, 6) is 5.60. The molecule has 23 heavy (non-hydrogen) atoms. The maximum absolute atomic E-state index is 13.7. The molecule has 0 spiro atoms. The van der Waals surface area contributed by atoms with Crippen LogP contribution in [0.2, 0.25) is 0 Å². The standard InChI is InChI=1S/C14H16FN7O/c1-7(16)10-5-12-13(14(17)20-23)19-6-21(12)9-3-2-8(15)4-11(9)22(10)18/h2-4,6,23H,5,16,18H2,1H3,(H2,17,20)/b10-7-. The van der Waals surface area contributed by atoms with E-state index in [1.807, 2.05) is 0 Å². The zero-order chi connectivity index (χ0) is 16.7. The Hall–Kier alpha value is -3.07. The van der Waals surface area contributed by atoms with Crippen molar-refractivity contribution in [2.24, 2.45) is 22.5 Å². The zero-order valence-electron chi connectivity index (χ0n) is 12.4. The molecular weight excluding hydrogens is 301 g/mol. The van der Waals surface area contributed by atoms with Crippen LogP contribution in [0.4, 0.5) is 10.1 Å². The number of imidazole rings is 1. The van der Waals surface area contributed by atoms with Crippen LogP contribution in [0.25, 0.3) is 5.69 Å². The number of halogens is 1. The molecule has 9 heteroatoms. The molecule has 0 amide bonds. The predicted molar refractivity (Wildman–Crippen MR) is 83.3 cm³/mol. The van der Waals surface area contributed by atoms with Crippen LogP contribution < -0.4 is 22.3 Å². The number of fused-ring (bicyclic) bond motifs is 3. The second-order valence-corrected chi connectivity index (χ2v) is 5.20. The molecule has 1 aliphatic heterocycles. The van der Waals surface area contributed by atoms with Gasteiger partial charge in [0, 0.05) is 18.2 Å². The highest BCUT2D eigenvalue weighted by atomic mass is 19.1. The Morgan fingerprint density at radius 2 is 2.09 bits per heavy atom. The third-order valence-corrected chi connectivity index (χ3v) is 3.75. The summed E-state index contributed by atoms with van der Waals surface area (Å²) in [5, 5.41) is 13.3. The Morgan fingerprint density at radius 1 is 1.35 bits per heavy atom. The number of rotatable bonds is 1. The van der Waals surface area contributed by atoms with Gasteiger partial charge >= 0.3 is 0 Å². The van der Waals surface area contributed by atoms with E-state index in [-0.39, 0.29) is 5.84 Å². The highest BCUT2D eigenvalue weighted by molar-refractivity contribution is 5.96. The molecule has 8 nitrogen and oxygen atoms in total. The van der Waals surface area contributed by atoms with E-state index in [1.54, 1.807) is 17.6 Å². The van der Waals surface area contributed by atoms with E-state index in [2.05, 4.69) is 10.1 Å². The minimum absolute atomic E-state index is 0.123. The Bertz CT molecular complexity index is 836. The molecule has 0 unspecified atom stereocenters. The third-order valence-electron chi connectivity index (χ3n) is 3.75. The second-order valence-electron chi connectivity index (χ2n) is 5.20. The summed E-state index contributed by atoms with van der Waals surface area (Å²) in [7, 11) is 0. The first-order chi connectivity index (χ1) is 10.9. The van der Waals surface area contributed by atoms with Crippen molar-refractivity contribution in [2.45, 2.75) is 13.3 Å². The minimum Gasteiger partial charge on any atom is -0.409 e. The van der Waals surface area contributed by atoms with Gasteiger partial charge in [-0.2, -0.15) is 0 Å². The molecule has 7 N–H and O–H groups in total. The van der Waals surface area contributed by atoms with E-state index in [9.17, 15) is 4.39 Å². The van der Waals surface area contributed by atoms with E-state index in [0.29, 0.717) is 40.6 Å². The smallest absolute Gasteiger partial charge is 0.190 e. The summed E-state index contributed by atoms with van der Waals surface area (Å²) >= 11 is 0. The van der Waals surface area contributed by atoms with Crippen LogP contribution in [-0.4, -0.2) is 20.6 Å². The normalized spacial score (nSPS) is 16.7. The quantitative estimate of drug-likeness (QED) is 0.199. The molecule has 120 valence electrons. The first kappa shape index (κ1) is 14.9. The number of anilines is 1. The summed E-state index contributed by atoms with van der Waals surface area (Å²) in [6.45, 7) is 1.70. The minimum atomic E-state index is -0.423. The molecule has 1 aliphatic rings. The summed E-state index contributed by atoms with van der Waals surface area (Å²) in [4.78, 5) is 4.18. The van der Waals surface area contributed by atoms with Gasteiger partial charge in [-0.15, -0.1) is 0 Å². The van der Waals surface area contributed by atoms with Gasteiger partial charge in [-0.1, -0.05) is 5.16 Å². The lowest BCUT2D eigenvalue weighted by atomic mass is 10.1. The fourth-order valence-corrected chi connectivity index (χ4v) is 2.62. The molecule has 0 atom stereocenters. The van der Waals surface area contributed by atoms with Gasteiger partial charge in [0.15, 0.2) is 5.84 Å². The van der Waals surface area contributed by atoms with Gasteiger partial charge in [-0.3, -0.25) is 9.58 Å². The predicted octanol–water partition coefficient (Wildman–Crippen LogP) is 0.532. The van der Waals surface area contributed by atoms with Crippen LogP contribution in [0.3, 0.4) is 0 Å². The number of nitrogens with zero attached hydrogens (tertiary/aromatic N) is 4. The second kappa shape index (κ2) is 5.29. The van der Waals surface area contributed by atoms with Crippen molar-refractivity contribution in [3.8, 4) is 5.69 Å². The average Bonchev–Trinajstić information content (AvgIpc) is 2.89. The largest absolute Gasteiger partial charge is 0.409 e. The van der Waals surface area contributed by atoms with E-state index in [0.717, 1.165) is 0 Å². The van der Waals surface area contributed by atoms with Crippen LogP contribution in [0.5, 0.6) is 0 Å². The number of hydrazine groups is 1. The number of nitrogens with two attached hydrogens (primary N) is 3. The monoisotopic (exact) mass is 317 g/mol. The first-order valence-electron chi connectivity index (χ1n) is 6.78. The number of hydrogen-bond donors (Lipinski definition) is 4. The maximum Gasteiger partial charge on any atom is 0.190 e. The van der Waals surface area contributed by atoms with E-state index in [1.165, 1.54) is 23.5 Å². The number of benzene rings is 1. The van der Waals surface area contributed by atoms with Crippen LogP contribution in [0.1, 0.15) is 18.3 Å². The lowest BCUT2D eigenvalue weighted by Crippen LogP contribution is -2.33. The molecule has 2 heterocycles. The molecule has 2 aromatic rings. The lowest BCUT2D eigenvalue weighted by Gasteiger charge is -2.22. The molecule has 0 bridgehead atoms. The van der Waals surface area contributed by atoms with Gasteiger partial charge in [0.05, 0.1) is 22.8 Å². The van der Waals surface area contributed by atoms with Crippen molar-refractivity contribution in [2.75, 3.05) is 5.01 Å². The number of allylic oxidation sites excluding steroid dienone is 2. The summed E-state index contributed by atoms with van der Waals surface area (Å²) in [6, 6.07) is 4.22. The third kappa shape index (κ3) is 2.27. The zero-order valence-corrected chi connectivity index (χ0v) is 12.4. The van der Waals surface area contributed by atoms with Crippen molar-refractivity contribution < 1.29 is 9.60 Å². The van der Waals surface area contributed by atoms with Crippen LogP contribution in [0, 0.1) is 5.82 Å². The highest BCUT2D eigenvalue weighted by Gasteiger charge is 2.27. The molecule has 3 rings (SSSR count). The molecule has 1 aromatic carbocycles. The van der Waals surface area contributed by atoms with E-state index < -0.39 is 5.82 Å². The van der Waals surface area contributed by atoms with Gasteiger partial charge in [-0.05, 0) is 19.1 Å². The van der Waals surface area contributed by atoms with Crippen molar-refractivity contribution in [3.05, 3.63) is 53.1 Å². The number of amidine groups is 1. The molecule has 0 saturated heterocycles. The summed E-state index contributed by atoms with van der Waals surface area (Å²) < 4.78 is 15.4. The van der Waals surface area contributed by atoms with Crippen molar-refractivity contribution in [3.63, 3.8) is 0 Å². The molecule has 1 aromatic heterocycles. The Kier molecular flexibility index (Phi) is 3.41. The van der Waals surface area contributed by atoms with Crippen molar-refractivity contribution >= 4 is 11.5 Å². The fraction of sp³-hybridized carbons (Fsp3) is 0.143. The van der Waals surface area contributed by atoms with Gasteiger partial charge in [0.25, 0.3) is 0 Å². The fourth-order valence-electron chi connectivity index (χ4n) is 2.62. The summed E-state index contributed by atoms with van der Waals surface area (Å²) in [6.07, 6.45) is 1.81. The van der Waals surface area contributed by atoms with E-state index >= 15 is 0 Å². The Labute approximate surface area is 131 Å². The maximum atomic E-state index is 13.7.